The number of hydrogen-bond acceptors (Lipinski definition) is 4. The Morgan fingerprint density at radius 1 is 1.27 bits per heavy atom. The zero-order valence-electron chi connectivity index (χ0n) is 13.8. The normalized spacial score (nSPS) is 11.8. The number of carbonyl (C=O) groups is 1. The fourth-order valence-corrected chi connectivity index (χ4v) is 2.87. The van der Waals surface area contributed by atoms with Crippen LogP contribution in [0.15, 0.2) is 24.3 Å². The largest absolute Gasteiger partial charge is 0.461 e. The number of ether oxygens (including phenoxy) is 2. The van der Waals surface area contributed by atoms with Crippen molar-refractivity contribution in [3.63, 3.8) is 0 Å². The average Bonchev–Trinajstić information content (AvgIpc) is 2.81. The van der Waals surface area contributed by atoms with Gasteiger partial charge in [0.2, 0.25) is 0 Å². The van der Waals surface area contributed by atoms with E-state index in [1.54, 1.807) is 11.6 Å². The maximum Gasteiger partial charge on any atom is 0.357 e. The quantitative estimate of drug-likeness (QED) is 0.445. The van der Waals surface area contributed by atoms with Gasteiger partial charge in [0.25, 0.3) is 0 Å². The lowest BCUT2D eigenvalue weighted by Gasteiger charge is -2.15. The zero-order chi connectivity index (χ0) is 16.2. The van der Waals surface area contributed by atoms with Crippen molar-refractivity contribution in [2.45, 2.75) is 39.3 Å². The molecule has 0 saturated heterocycles. The summed E-state index contributed by atoms with van der Waals surface area (Å²) in [6.45, 7) is 10.0. The Morgan fingerprint density at radius 3 is 2.68 bits per heavy atom. The Hall–Kier alpha value is -1.66. The van der Waals surface area contributed by atoms with Gasteiger partial charge in [-0.05, 0) is 19.0 Å². The van der Waals surface area contributed by atoms with Crippen LogP contribution in [0.4, 0.5) is 0 Å². The minimum absolute atomic E-state index is 0.271. The van der Waals surface area contributed by atoms with Gasteiger partial charge in [0, 0.05) is 20.1 Å². The molecule has 0 spiro atoms. The van der Waals surface area contributed by atoms with Crippen LogP contribution in [-0.2, 0) is 16.2 Å². The first kappa shape index (κ1) is 16.7. The molecule has 1 aromatic carbocycles. The molecule has 0 amide bonds. The first-order valence-corrected chi connectivity index (χ1v) is 11.3. The number of aromatic nitrogens is 2. The predicted octanol–water partition coefficient (Wildman–Crippen LogP) is 3.53. The summed E-state index contributed by atoms with van der Waals surface area (Å²) in [5.41, 5.74) is 1.24. The first-order chi connectivity index (χ1) is 10.4. The van der Waals surface area contributed by atoms with Crippen LogP contribution in [0.1, 0.15) is 17.4 Å². The molecule has 2 aromatic rings. The summed E-state index contributed by atoms with van der Waals surface area (Å²) in [4.78, 5) is 12.2. The number of rotatable bonds is 7. The monoisotopic (exact) mass is 320 g/mol. The lowest BCUT2D eigenvalue weighted by atomic mass is 10.2. The Bertz CT molecular complexity index is 646. The summed E-state index contributed by atoms with van der Waals surface area (Å²) >= 11 is 0. The summed E-state index contributed by atoms with van der Waals surface area (Å²) in [6, 6.07) is 8.65. The molecule has 5 nitrogen and oxygen atoms in total. The molecule has 1 heterocycles. The van der Waals surface area contributed by atoms with Crippen molar-refractivity contribution in [1.82, 2.24) is 9.78 Å². The Balaban J connectivity index is 2.17. The highest BCUT2D eigenvalue weighted by molar-refractivity contribution is 6.76. The molecule has 0 aliphatic heterocycles. The van der Waals surface area contributed by atoms with Crippen molar-refractivity contribution in [2.75, 3.05) is 13.2 Å². The number of esters is 1. The number of benzene rings is 1. The number of hydrogen-bond donors (Lipinski definition) is 0. The van der Waals surface area contributed by atoms with Crippen molar-refractivity contribution >= 4 is 24.9 Å². The van der Waals surface area contributed by atoms with Crippen LogP contribution in [0.25, 0.3) is 10.9 Å². The minimum Gasteiger partial charge on any atom is -0.461 e. The third-order valence-electron chi connectivity index (χ3n) is 3.32. The summed E-state index contributed by atoms with van der Waals surface area (Å²) in [5.74, 6) is -0.356. The van der Waals surface area contributed by atoms with Crippen molar-refractivity contribution in [2.24, 2.45) is 0 Å². The molecule has 0 unspecified atom stereocenters. The van der Waals surface area contributed by atoms with Gasteiger partial charge >= 0.3 is 5.97 Å². The Labute approximate surface area is 132 Å². The molecule has 0 N–H and O–H groups in total. The van der Waals surface area contributed by atoms with Gasteiger partial charge in [0.05, 0.1) is 12.1 Å². The van der Waals surface area contributed by atoms with E-state index in [0.717, 1.165) is 16.9 Å². The summed E-state index contributed by atoms with van der Waals surface area (Å²) < 4.78 is 12.5. The van der Waals surface area contributed by atoms with E-state index in [1.165, 1.54) is 0 Å². The predicted molar refractivity (Wildman–Crippen MR) is 89.8 cm³/mol. The van der Waals surface area contributed by atoms with Crippen LogP contribution in [0.2, 0.25) is 25.7 Å². The van der Waals surface area contributed by atoms with Crippen molar-refractivity contribution in [3.8, 4) is 0 Å². The lowest BCUT2D eigenvalue weighted by molar-refractivity contribution is 0.0459. The van der Waals surface area contributed by atoms with Crippen LogP contribution in [0.3, 0.4) is 0 Å². The maximum absolute atomic E-state index is 12.2. The average molecular weight is 320 g/mol. The van der Waals surface area contributed by atoms with Crippen LogP contribution >= 0.6 is 0 Å². The van der Waals surface area contributed by atoms with E-state index in [4.69, 9.17) is 9.47 Å². The van der Waals surface area contributed by atoms with Gasteiger partial charge in [0.1, 0.15) is 6.73 Å². The fourth-order valence-electron chi connectivity index (χ4n) is 2.12. The molecular formula is C16H24N2O3Si. The smallest absolute Gasteiger partial charge is 0.357 e. The molecule has 1 aromatic heterocycles. The van der Waals surface area contributed by atoms with Crippen molar-refractivity contribution in [1.29, 1.82) is 0 Å². The molecule has 0 aliphatic carbocycles. The molecule has 22 heavy (non-hydrogen) atoms. The second-order valence-corrected chi connectivity index (χ2v) is 12.1. The van der Waals surface area contributed by atoms with Gasteiger partial charge in [-0.2, -0.15) is 5.10 Å². The van der Waals surface area contributed by atoms with E-state index in [9.17, 15) is 4.79 Å². The molecule has 2 rings (SSSR count). The van der Waals surface area contributed by atoms with Crippen LogP contribution < -0.4 is 0 Å². The highest BCUT2D eigenvalue weighted by Crippen LogP contribution is 2.19. The second kappa shape index (κ2) is 7.06. The third kappa shape index (κ3) is 4.17. The molecule has 120 valence electrons. The van der Waals surface area contributed by atoms with Crippen LogP contribution in [-0.4, -0.2) is 37.0 Å². The van der Waals surface area contributed by atoms with E-state index in [1.807, 2.05) is 24.3 Å². The van der Waals surface area contributed by atoms with Gasteiger partial charge in [-0.1, -0.05) is 37.8 Å². The van der Waals surface area contributed by atoms with E-state index in [0.29, 0.717) is 18.9 Å². The van der Waals surface area contributed by atoms with E-state index in [-0.39, 0.29) is 12.7 Å². The summed E-state index contributed by atoms with van der Waals surface area (Å²) in [6.07, 6.45) is 0. The molecule has 0 bridgehead atoms. The number of fused-ring (bicyclic) bond motifs is 1. The first-order valence-electron chi connectivity index (χ1n) is 7.63. The Kier molecular flexibility index (Phi) is 5.36. The fraction of sp³-hybridized carbons (Fsp3) is 0.500. The topological polar surface area (TPSA) is 53.3 Å². The third-order valence-corrected chi connectivity index (χ3v) is 5.03. The van der Waals surface area contributed by atoms with Gasteiger partial charge in [-0.15, -0.1) is 0 Å². The lowest BCUT2D eigenvalue weighted by Crippen LogP contribution is -2.22. The number of carbonyl (C=O) groups excluding carboxylic acids is 1. The van der Waals surface area contributed by atoms with Gasteiger partial charge < -0.3 is 9.47 Å². The van der Waals surface area contributed by atoms with Crippen LogP contribution in [0, 0.1) is 0 Å². The zero-order valence-corrected chi connectivity index (χ0v) is 14.8. The highest BCUT2D eigenvalue weighted by Gasteiger charge is 2.19. The van der Waals surface area contributed by atoms with Gasteiger partial charge in [-0.25, -0.2) is 9.48 Å². The van der Waals surface area contributed by atoms with E-state index in [2.05, 4.69) is 24.7 Å². The van der Waals surface area contributed by atoms with Crippen molar-refractivity contribution in [3.05, 3.63) is 30.0 Å². The van der Waals surface area contributed by atoms with Gasteiger partial charge in [0.15, 0.2) is 5.69 Å². The Morgan fingerprint density at radius 2 is 2.00 bits per heavy atom. The SMILES string of the molecule is CCOC(=O)c1c2ccccc2nn1COCC[Si](C)(C)C. The molecule has 6 heteroatoms. The summed E-state index contributed by atoms with van der Waals surface area (Å²) in [5, 5.41) is 5.25. The molecule has 0 aliphatic rings. The van der Waals surface area contributed by atoms with E-state index < -0.39 is 8.07 Å². The summed E-state index contributed by atoms with van der Waals surface area (Å²) in [7, 11) is -1.12. The van der Waals surface area contributed by atoms with Gasteiger partial charge in [-0.3, -0.25) is 0 Å². The molecule has 0 atom stereocenters. The van der Waals surface area contributed by atoms with E-state index >= 15 is 0 Å². The standard InChI is InChI=1S/C16H24N2O3Si/c1-5-21-16(19)15-13-8-6-7-9-14(13)17-18(15)12-20-10-11-22(2,3)4/h6-9H,5,10-12H2,1-4H3. The molecule has 0 radical (unpaired) electrons. The maximum atomic E-state index is 12.2. The minimum atomic E-state index is -1.12. The second-order valence-electron chi connectivity index (χ2n) is 6.43. The van der Waals surface area contributed by atoms with Crippen molar-refractivity contribution < 1.29 is 14.3 Å². The molecule has 0 saturated carbocycles. The molecular weight excluding hydrogens is 296 g/mol. The number of nitrogens with zero attached hydrogens (tertiary/aromatic N) is 2. The highest BCUT2D eigenvalue weighted by atomic mass is 28.3. The van der Waals surface area contributed by atoms with Crippen LogP contribution in [0.5, 0.6) is 0 Å². The molecule has 0 fully saturated rings.